The molecule has 0 saturated carbocycles. The summed E-state index contributed by atoms with van der Waals surface area (Å²) in [6.45, 7) is 4.28. The van der Waals surface area contributed by atoms with Gasteiger partial charge < -0.3 is 5.73 Å². The van der Waals surface area contributed by atoms with E-state index < -0.39 is 0 Å². The minimum atomic E-state index is 0.0482. The standard InChI is InChI=1S/C13H15N3S2/c1-8-5-12(18-9(8)2)11(14)6-10-7-16-3-4-17-13(16)15-10/h3-5,7,11H,6,14H2,1-2H3. The second kappa shape index (κ2) is 4.50. The third kappa shape index (κ3) is 2.09. The molecule has 0 aliphatic heterocycles. The van der Waals surface area contributed by atoms with Gasteiger partial charge in [-0.25, -0.2) is 4.98 Å². The van der Waals surface area contributed by atoms with Crippen LogP contribution in [0.25, 0.3) is 4.96 Å². The second-order valence-corrected chi connectivity index (χ2v) is 6.68. The van der Waals surface area contributed by atoms with Gasteiger partial charge in [0, 0.05) is 40.0 Å². The van der Waals surface area contributed by atoms with Crippen LogP contribution in [0.3, 0.4) is 0 Å². The number of hydrogen-bond acceptors (Lipinski definition) is 4. The Morgan fingerprint density at radius 1 is 1.44 bits per heavy atom. The van der Waals surface area contributed by atoms with Gasteiger partial charge in [0.25, 0.3) is 0 Å². The van der Waals surface area contributed by atoms with Crippen LogP contribution < -0.4 is 5.73 Å². The van der Waals surface area contributed by atoms with Gasteiger partial charge >= 0.3 is 0 Å². The van der Waals surface area contributed by atoms with Crippen LogP contribution in [0.2, 0.25) is 0 Å². The summed E-state index contributed by atoms with van der Waals surface area (Å²) < 4.78 is 2.05. The highest BCUT2D eigenvalue weighted by molar-refractivity contribution is 7.15. The molecule has 18 heavy (non-hydrogen) atoms. The molecular weight excluding hydrogens is 262 g/mol. The number of thiophene rings is 1. The van der Waals surface area contributed by atoms with E-state index >= 15 is 0 Å². The molecule has 94 valence electrons. The molecule has 0 aliphatic carbocycles. The van der Waals surface area contributed by atoms with Crippen LogP contribution in [0.1, 0.15) is 27.1 Å². The monoisotopic (exact) mass is 277 g/mol. The third-order valence-electron chi connectivity index (χ3n) is 3.12. The van der Waals surface area contributed by atoms with E-state index in [1.165, 1.54) is 15.3 Å². The van der Waals surface area contributed by atoms with Crippen LogP contribution in [-0.2, 0) is 6.42 Å². The summed E-state index contributed by atoms with van der Waals surface area (Å²) in [5.41, 5.74) is 8.66. The molecule has 3 rings (SSSR count). The molecule has 1 atom stereocenters. The van der Waals surface area contributed by atoms with E-state index in [0.29, 0.717) is 0 Å². The van der Waals surface area contributed by atoms with Gasteiger partial charge in [0.1, 0.15) is 0 Å². The summed E-state index contributed by atoms with van der Waals surface area (Å²) >= 11 is 3.44. The third-order valence-corrected chi connectivity index (χ3v) is 5.18. The van der Waals surface area contributed by atoms with Gasteiger partial charge in [0.05, 0.1) is 5.69 Å². The maximum absolute atomic E-state index is 6.26. The van der Waals surface area contributed by atoms with E-state index in [2.05, 4.69) is 35.5 Å². The summed E-state index contributed by atoms with van der Waals surface area (Å²) in [6.07, 6.45) is 4.90. The number of imidazole rings is 1. The van der Waals surface area contributed by atoms with Gasteiger partial charge in [0.2, 0.25) is 0 Å². The quantitative estimate of drug-likeness (QED) is 0.798. The Morgan fingerprint density at radius 3 is 2.94 bits per heavy atom. The lowest BCUT2D eigenvalue weighted by Crippen LogP contribution is -2.11. The molecule has 0 bridgehead atoms. The first kappa shape index (κ1) is 11.9. The topological polar surface area (TPSA) is 43.3 Å². The molecule has 3 aromatic heterocycles. The van der Waals surface area contributed by atoms with Crippen LogP contribution >= 0.6 is 22.7 Å². The minimum absolute atomic E-state index is 0.0482. The molecule has 0 spiro atoms. The molecule has 0 fully saturated rings. The van der Waals surface area contributed by atoms with Gasteiger partial charge in [-0.1, -0.05) is 0 Å². The van der Waals surface area contributed by atoms with Crippen LogP contribution in [0.4, 0.5) is 0 Å². The molecule has 0 aliphatic rings. The van der Waals surface area contributed by atoms with E-state index in [1.807, 2.05) is 11.6 Å². The van der Waals surface area contributed by atoms with E-state index in [-0.39, 0.29) is 6.04 Å². The molecule has 0 radical (unpaired) electrons. The average molecular weight is 277 g/mol. The van der Waals surface area contributed by atoms with Crippen molar-refractivity contribution in [2.24, 2.45) is 5.73 Å². The molecule has 3 aromatic rings. The molecule has 5 heteroatoms. The van der Waals surface area contributed by atoms with Gasteiger partial charge in [-0.2, -0.15) is 0 Å². The van der Waals surface area contributed by atoms with E-state index in [0.717, 1.165) is 17.1 Å². The van der Waals surface area contributed by atoms with Crippen molar-refractivity contribution in [1.29, 1.82) is 0 Å². The summed E-state index contributed by atoms with van der Waals surface area (Å²) in [5, 5.41) is 2.04. The van der Waals surface area contributed by atoms with Crippen LogP contribution in [-0.4, -0.2) is 9.38 Å². The summed E-state index contributed by atoms with van der Waals surface area (Å²) in [7, 11) is 0. The normalized spacial score (nSPS) is 13.3. The summed E-state index contributed by atoms with van der Waals surface area (Å²) in [4.78, 5) is 8.22. The minimum Gasteiger partial charge on any atom is -0.323 e. The number of nitrogens with zero attached hydrogens (tertiary/aromatic N) is 2. The number of aromatic nitrogens is 2. The maximum atomic E-state index is 6.26. The Morgan fingerprint density at radius 2 is 2.28 bits per heavy atom. The lowest BCUT2D eigenvalue weighted by atomic mass is 10.1. The molecule has 3 nitrogen and oxygen atoms in total. The molecule has 3 heterocycles. The second-order valence-electron chi connectivity index (χ2n) is 4.52. The van der Waals surface area contributed by atoms with Gasteiger partial charge in [-0.15, -0.1) is 22.7 Å². The first-order valence-electron chi connectivity index (χ1n) is 5.87. The number of rotatable bonds is 3. The van der Waals surface area contributed by atoms with Gasteiger partial charge in [-0.3, -0.25) is 4.40 Å². The first-order chi connectivity index (χ1) is 8.63. The van der Waals surface area contributed by atoms with Gasteiger partial charge in [-0.05, 0) is 25.5 Å². The lowest BCUT2D eigenvalue weighted by molar-refractivity contribution is 0.723. The lowest BCUT2D eigenvalue weighted by Gasteiger charge is -2.06. The zero-order chi connectivity index (χ0) is 12.7. The van der Waals surface area contributed by atoms with E-state index in [9.17, 15) is 0 Å². The summed E-state index contributed by atoms with van der Waals surface area (Å²) in [6, 6.07) is 2.25. The molecular formula is C13H15N3S2. The van der Waals surface area contributed by atoms with Crippen molar-refractivity contribution in [2.45, 2.75) is 26.3 Å². The first-order valence-corrected chi connectivity index (χ1v) is 7.56. The van der Waals surface area contributed by atoms with Crippen molar-refractivity contribution in [3.05, 3.63) is 44.9 Å². The fourth-order valence-electron chi connectivity index (χ4n) is 1.98. The van der Waals surface area contributed by atoms with Crippen LogP contribution in [0, 0.1) is 13.8 Å². The number of fused-ring (bicyclic) bond motifs is 1. The highest BCUT2D eigenvalue weighted by Crippen LogP contribution is 2.27. The molecule has 0 aromatic carbocycles. The Kier molecular flexibility index (Phi) is 2.97. The Balaban J connectivity index is 1.81. The van der Waals surface area contributed by atoms with Crippen LogP contribution in [0.5, 0.6) is 0 Å². The predicted molar refractivity (Wildman–Crippen MR) is 77.5 cm³/mol. The highest BCUT2D eigenvalue weighted by atomic mass is 32.1. The molecule has 1 unspecified atom stereocenters. The van der Waals surface area contributed by atoms with Crippen LogP contribution in [0.15, 0.2) is 23.8 Å². The van der Waals surface area contributed by atoms with Crippen molar-refractivity contribution >= 4 is 27.6 Å². The fraction of sp³-hybridized carbons (Fsp3) is 0.308. The average Bonchev–Trinajstić information content (AvgIpc) is 2.95. The number of nitrogens with two attached hydrogens (primary N) is 1. The SMILES string of the molecule is Cc1cc(C(N)Cc2cn3ccsc3n2)sc1C. The van der Waals surface area contributed by atoms with Crippen molar-refractivity contribution in [3.8, 4) is 0 Å². The highest BCUT2D eigenvalue weighted by Gasteiger charge is 2.13. The van der Waals surface area contributed by atoms with Crippen molar-refractivity contribution in [1.82, 2.24) is 9.38 Å². The maximum Gasteiger partial charge on any atom is 0.193 e. The molecule has 2 N–H and O–H groups in total. The van der Waals surface area contributed by atoms with E-state index in [1.54, 1.807) is 22.7 Å². The Hall–Kier alpha value is -1.17. The Labute approximate surface area is 114 Å². The zero-order valence-corrected chi connectivity index (χ0v) is 12.0. The smallest absolute Gasteiger partial charge is 0.193 e. The number of aryl methyl sites for hydroxylation is 2. The number of thiazole rings is 1. The molecule has 0 saturated heterocycles. The Bertz CT molecular complexity index is 629. The number of hydrogen-bond donors (Lipinski definition) is 1. The van der Waals surface area contributed by atoms with Crippen molar-refractivity contribution < 1.29 is 0 Å². The van der Waals surface area contributed by atoms with Crippen molar-refractivity contribution in [2.75, 3.05) is 0 Å². The zero-order valence-electron chi connectivity index (χ0n) is 10.4. The summed E-state index contributed by atoms with van der Waals surface area (Å²) in [5.74, 6) is 0. The predicted octanol–water partition coefficient (Wildman–Crippen LogP) is 3.32. The van der Waals surface area contributed by atoms with Gasteiger partial charge in [0.15, 0.2) is 4.96 Å². The largest absolute Gasteiger partial charge is 0.323 e. The van der Waals surface area contributed by atoms with E-state index in [4.69, 9.17) is 5.73 Å². The molecule has 0 amide bonds. The fourth-order valence-corrected chi connectivity index (χ4v) is 3.75. The van der Waals surface area contributed by atoms with Crippen molar-refractivity contribution in [3.63, 3.8) is 0 Å².